The SMILES string of the molecule is CC.CC(C)N1CCN(C)CC1.Cc1ccc(C=O)cc1. The number of likely N-dealkylation sites (N-methyl/N-ethyl adjacent to an activating group) is 1. The van der Waals surface area contributed by atoms with Gasteiger partial charge in [0, 0.05) is 37.8 Å². The van der Waals surface area contributed by atoms with Crippen molar-refractivity contribution in [3.05, 3.63) is 35.4 Å². The summed E-state index contributed by atoms with van der Waals surface area (Å²) in [4.78, 5) is 15.0. The average molecular weight is 292 g/mol. The van der Waals surface area contributed by atoms with E-state index in [1.807, 2.05) is 45.0 Å². The van der Waals surface area contributed by atoms with Crippen molar-refractivity contribution in [1.82, 2.24) is 9.80 Å². The quantitative estimate of drug-likeness (QED) is 0.780. The van der Waals surface area contributed by atoms with Crippen LogP contribution in [0.3, 0.4) is 0 Å². The van der Waals surface area contributed by atoms with Crippen molar-refractivity contribution in [2.45, 2.75) is 40.7 Å². The van der Waals surface area contributed by atoms with E-state index in [1.165, 1.54) is 31.7 Å². The van der Waals surface area contributed by atoms with Crippen molar-refractivity contribution in [2.75, 3.05) is 33.2 Å². The number of piperazine rings is 1. The molecule has 1 aliphatic heterocycles. The third kappa shape index (κ3) is 8.64. The van der Waals surface area contributed by atoms with Gasteiger partial charge in [0.05, 0.1) is 0 Å². The van der Waals surface area contributed by atoms with Gasteiger partial charge in [0.15, 0.2) is 0 Å². The Morgan fingerprint density at radius 3 is 1.86 bits per heavy atom. The summed E-state index contributed by atoms with van der Waals surface area (Å²) in [5.41, 5.74) is 1.92. The first-order valence-electron chi connectivity index (χ1n) is 7.97. The molecule has 2 rings (SSSR count). The number of carbonyl (C=O) groups excluding carboxylic acids is 1. The fourth-order valence-electron chi connectivity index (χ4n) is 1.98. The molecule has 120 valence electrons. The van der Waals surface area contributed by atoms with Crippen LogP contribution < -0.4 is 0 Å². The second-order valence-corrected chi connectivity index (χ2v) is 5.46. The van der Waals surface area contributed by atoms with E-state index in [2.05, 4.69) is 30.7 Å². The molecule has 0 aliphatic carbocycles. The van der Waals surface area contributed by atoms with Crippen LogP contribution in [0.5, 0.6) is 0 Å². The van der Waals surface area contributed by atoms with Crippen LogP contribution in [0.15, 0.2) is 24.3 Å². The number of carbonyl (C=O) groups is 1. The topological polar surface area (TPSA) is 23.6 Å². The lowest BCUT2D eigenvalue weighted by Crippen LogP contribution is -2.47. The standard InChI is InChI=1S/C8H18N2.C8H8O.C2H6/c1-8(2)10-6-4-9(3)5-7-10;1-7-2-4-8(6-9)5-3-7;1-2/h8H,4-7H2,1-3H3;2-6H,1H3;1-2H3. The Labute approximate surface area is 130 Å². The van der Waals surface area contributed by atoms with Gasteiger partial charge in [-0.25, -0.2) is 0 Å². The van der Waals surface area contributed by atoms with Gasteiger partial charge in [-0.1, -0.05) is 43.7 Å². The summed E-state index contributed by atoms with van der Waals surface area (Å²) >= 11 is 0. The van der Waals surface area contributed by atoms with Gasteiger partial charge in [0.2, 0.25) is 0 Å². The Morgan fingerprint density at radius 1 is 1.00 bits per heavy atom. The molecule has 0 atom stereocenters. The highest BCUT2D eigenvalue weighted by molar-refractivity contribution is 5.74. The van der Waals surface area contributed by atoms with Crippen LogP contribution in [0.2, 0.25) is 0 Å². The van der Waals surface area contributed by atoms with Crippen LogP contribution in [0.1, 0.15) is 43.6 Å². The zero-order valence-electron chi connectivity index (χ0n) is 14.6. The number of hydrogen-bond acceptors (Lipinski definition) is 3. The summed E-state index contributed by atoms with van der Waals surface area (Å²) in [5, 5.41) is 0. The first kappa shape index (κ1) is 19.8. The Kier molecular flexibility index (Phi) is 10.8. The second kappa shape index (κ2) is 11.5. The Hall–Kier alpha value is -1.19. The largest absolute Gasteiger partial charge is 0.304 e. The molecule has 0 amide bonds. The van der Waals surface area contributed by atoms with Gasteiger partial charge in [0.25, 0.3) is 0 Å². The van der Waals surface area contributed by atoms with Crippen molar-refractivity contribution in [2.24, 2.45) is 0 Å². The third-order valence-electron chi connectivity index (χ3n) is 3.48. The Bertz CT molecular complexity index is 365. The first-order chi connectivity index (χ1) is 10.0. The molecule has 21 heavy (non-hydrogen) atoms. The molecule has 1 aliphatic rings. The first-order valence-corrected chi connectivity index (χ1v) is 7.97. The molecule has 0 unspecified atom stereocenters. The van der Waals surface area contributed by atoms with E-state index in [9.17, 15) is 4.79 Å². The van der Waals surface area contributed by atoms with E-state index in [1.54, 1.807) is 0 Å². The van der Waals surface area contributed by atoms with E-state index in [0.717, 1.165) is 17.9 Å². The van der Waals surface area contributed by atoms with Gasteiger partial charge >= 0.3 is 0 Å². The minimum atomic E-state index is 0.730. The summed E-state index contributed by atoms with van der Waals surface area (Å²) in [6, 6.07) is 8.19. The molecular weight excluding hydrogens is 260 g/mol. The highest BCUT2D eigenvalue weighted by Crippen LogP contribution is 2.03. The van der Waals surface area contributed by atoms with Crippen LogP contribution in [0, 0.1) is 6.92 Å². The van der Waals surface area contributed by atoms with Crippen molar-refractivity contribution < 1.29 is 4.79 Å². The fourth-order valence-corrected chi connectivity index (χ4v) is 1.98. The highest BCUT2D eigenvalue weighted by atomic mass is 16.1. The lowest BCUT2D eigenvalue weighted by atomic mass is 10.2. The lowest BCUT2D eigenvalue weighted by Gasteiger charge is -2.34. The molecule has 1 heterocycles. The average Bonchev–Trinajstić information content (AvgIpc) is 2.51. The van der Waals surface area contributed by atoms with Crippen LogP contribution in [0.4, 0.5) is 0 Å². The normalized spacial score (nSPS) is 15.6. The van der Waals surface area contributed by atoms with E-state index >= 15 is 0 Å². The number of rotatable bonds is 2. The molecule has 0 aromatic heterocycles. The molecule has 0 saturated carbocycles. The zero-order chi connectivity index (χ0) is 16.3. The lowest BCUT2D eigenvalue weighted by molar-refractivity contribution is 0.112. The van der Waals surface area contributed by atoms with Gasteiger partial charge in [-0.2, -0.15) is 0 Å². The Morgan fingerprint density at radius 2 is 1.48 bits per heavy atom. The monoisotopic (exact) mass is 292 g/mol. The van der Waals surface area contributed by atoms with E-state index < -0.39 is 0 Å². The maximum absolute atomic E-state index is 10.1. The highest BCUT2D eigenvalue weighted by Gasteiger charge is 2.15. The van der Waals surface area contributed by atoms with Crippen LogP contribution >= 0.6 is 0 Å². The van der Waals surface area contributed by atoms with Crippen LogP contribution in [0.25, 0.3) is 0 Å². The number of hydrogen-bond donors (Lipinski definition) is 0. The number of benzene rings is 1. The predicted molar refractivity (Wildman–Crippen MR) is 92.1 cm³/mol. The Balaban J connectivity index is 0.000000342. The molecule has 0 spiro atoms. The molecule has 1 aromatic carbocycles. The fraction of sp³-hybridized carbons (Fsp3) is 0.611. The molecule has 3 heteroatoms. The van der Waals surface area contributed by atoms with E-state index in [4.69, 9.17) is 0 Å². The van der Waals surface area contributed by atoms with E-state index in [-0.39, 0.29) is 0 Å². The molecule has 3 nitrogen and oxygen atoms in total. The van der Waals surface area contributed by atoms with Crippen molar-refractivity contribution >= 4 is 6.29 Å². The predicted octanol–water partition coefficient (Wildman–Crippen LogP) is 3.48. The van der Waals surface area contributed by atoms with E-state index in [0.29, 0.717) is 0 Å². The molecule has 1 saturated heterocycles. The summed E-state index contributed by atoms with van der Waals surface area (Å²) in [6.07, 6.45) is 0.847. The van der Waals surface area contributed by atoms with Gasteiger partial charge in [-0.05, 0) is 27.8 Å². The summed E-state index contributed by atoms with van der Waals surface area (Å²) in [7, 11) is 2.19. The molecule has 1 fully saturated rings. The van der Waals surface area contributed by atoms with Gasteiger partial charge in [-0.3, -0.25) is 9.69 Å². The summed E-state index contributed by atoms with van der Waals surface area (Å²) in [6.45, 7) is 15.5. The maximum atomic E-state index is 10.1. The molecule has 0 radical (unpaired) electrons. The van der Waals surface area contributed by atoms with Crippen LogP contribution in [-0.4, -0.2) is 55.4 Å². The zero-order valence-corrected chi connectivity index (χ0v) is 14.6. The van der Waals surface area contributed by atoms with Gasteiger partial charge < -0.3 is 4.90 Å². The molecular formula is C18H32N2O. The van der Waals surface area contributed by atoms with Gasteiger partial charge in [0.1, 0.15) is 6.29 Å². The summed E-state index contributed by atoms with van der Waals surface area (Å²) < 4.78 is 0. The number of aldehydes is 1. The van der Waals surface area contributed by atoms with Crippen molar-refractivity contribution in [1.29, 1.82) is 0 Å². The van der Waals surface area contributed by atoms with Gasteiger partial charge in [-0.15, -0.1) is 0 Å². The number of nitrogens with zero attached hydrogens (tertiary/aromatic N) is 2. The molecule has 0 bridgehead atoms. The van der Waals surface area contributed by atoms with Crippen molar-refractivity contribution in [3.63, 3.8) is 0 Å². The third-order valence-corrected chi connectivity index (χ3v) is 3.48. The minimum Gasteiger partial charge on any atom is -0.304 e. The van der Waals surface area contributed by atoms with Crippen LogP contribution in [-0.2, 0) is 0 Å². The van der Waals surface area contributed by atoms with Crippen molar-refractivity contribution in [3.8, 4) is 0 Å². The second-order valence-electron chi connectivity index (χ2n) is 5.46. The molecule has 0 N–H and O–H groups in total. The minimum absolute atomic E-state index is 0.730. The smallest absolute Gasteiger partial charge is 0.150 e. The maximum Gasteiger partial charge on any atom is 0.150 e. The number of aryl methyl sites for hydroxylation is 1. The molecule has 1 aromatic rings. The summed E-state index contributed by atoms with van der Waals surface area (Å²) in [5.74, 6) is 0.